The highest BCUT2D eigenvalue weighted by atomic mass is 79.9. The van der Waals surface area contributed by atoms with E-state index in [-0.39, 0.29) is 11.5 Å². The summed E-state index contributed by atoms with van der Waals surface area (Å²) in [5.41, 5.74) is 8.53. The minimum atomic E-state index is 0.0771. The lowest BCUT2D eigenvalue weighted by Crippen LogP contribution is -2.29. The van der Waals surface area contributed by atoms with Crippen LogP contribution < -0.4 is 10.6 Å². The van der Waals surface area contributed by atoms with E-state index < -0.39 is 0 Å². The van der Waals surface area contributed by atoms with Crippen LogP contribution in [0.1, 0.15) is 39.3 Å². The highest BCUT2D eigenvalue weighted by Gasteiger charge is 2.16. The third-order valence-corrected chi connectivity index (χ3v) is 3.26. The van der Waals surface area contributed by atoms with Gasteiger partial charge in [0.1, 0.15) is 0 Å². The van der Waals surface area contributed by atoms with Crippen LogP contribution in [0.2, 0.25) is 0 Å². The fourth-order valence-corrected chi connectivity index (χ4v) is 2.61. The highest BCUT2D eigenvalue weighted by molar-refractivity contribution is 9.10. The Labute approximate surface area is 113 Å². The van der Waals surface area contributed by atoms with E-state index in [1.807, 2.05) is 6.92 Å². The Hall–Kier alpha value is -0.540. The van der Waals surface area contributed by atoms with Crippen LogP contribution >= 0.6 is 15.9 Å². The van der Waals surface area contributed by atoms with Crippen LogP contribution in [0.15, 0.2) is 22.7 Å². The summed E-state index contributed by atoms with van der Waals surface area (Å²) in [5, 5.41) is 0. The molecule has 0 aliphatic carbocycles. The molecule has 17 heavy (non-hydrogen) atoms. The van der Waals surface area contributed by atoms with Crippen molar-refractivity contribution in [1.82, 2.24) is 0 Å². The number of rotatable bonds is 3. The first-order chi connectivity index (χ1) is 7.70. The standard InChI is InChI=1S/C14H23BrN2/c1-10(16)11-6-7-13(12(15)8-11)17(5)9-14(2,3)4/h6-8,10H,9,16H2,1-5H3/t10-/m0/s1. The molecule has 0 aliphatic rings. The summed E-state index contributed by atoms with van der Waals surface area (Å²) < 4.78 is 1.11. The second-order valence-corrected chi connectivity index (χ2v) is 6.77. The molecule has 0 saturated heterocycles. The quantitative estimate of drug-likeness (QED) is 0.915. The fraction of sp³-hybridized carbons (Fsp3) is 0.571. The number of nitrogens with zero attached hydrogens (tertiary/aromatic N) is 1. The molecule has 0 spiro atoms. The number of hydrogen-bond donors (Lipinski definition) is 1. The van der Waals surface area contributed by atoms with Gasteiger partial charge in [0.25, 0.3) is 0 Å². The van der Waals surface area contributed by atoms with Gasteiger partial charge in [0.2, 0.25) is 0 Å². The Morgan fingerprint density at radius 2 is 1.94 bits per heavy atom. The van der Waals surface area contributed by atoms with Gasteiger partial charge in [0, 0.05) is 24.1 Å². The van der Waals surface area contributed by atoms with Gasteiger partial charge < -0.3 is 10.6 Å². The largest absolute Gasteiger partial charge is 0.373 e. The van der Waals surface area contributed by atoms with Crippen LogP contribution in [0.25, 0.3) is 0 Å². The summed E-state index contributed by atoms with van der Waals surface area (Å²) in [6, 6.07) is 6.42. The summed E-state index contributed by atoms with van der Waals surface area (Å²) in [4.78, 5) is 2.27. The van der Waals surface area contributed by atoms with Gasteiger partial charge in [0.05, 0.1) is 5.69 Å². The molecule has 0 heterocycles. The first kappa shape index (κ1) is 14.5. The maximum absolute atomic E-state index is 5.88. The number of halogens is 1. The first-order valence-corrected chi connectivity index (χ1v) is 6.76. The Kier molecular flexibility index (Phi) is 4.62. The van der Waals surface area contributed by atoms with Crippen LogP contribution in [0, 0.1) is 5.41 Å². The van der Waals surface area contributed by atoms with E-state index in [2.05, 4.69) is 66.8 Å². The second kappa shape index (κ2) is 5.40. The lowest BCUT2D eigenvalue weighted by atomic mass is 9.96. The van der Waals surface area contributed by atoms with Gasteiger partial charge in [0.15, 0.2) is 0 Å². The maximum Gasteiger partial charge on any atom is 0.0508 e. The zero-order valence-corrected chi connectivity index (χ0v) is 13.0. The molecule has 0 unspecified atom stereocenters. The van der Waals surface area contributed by atoms with Gasteiger partial charge in [-0.3, -0.25) is 0 Å². The molecule has 0 saturated carbocycles. The van der Waals surface area contributed by atoms with Gasteiger partial charge in [-0.15, -0.1) is 0 Å². The normalized spacial score (nSPS) is 13.6. The van der Waals surface area contributed by atoms with E-state index in [4.69, 9.17) is 5.73 Å². The Morgan fingerprint density at radius 1 is 1.35 bits per heavy atom. The molecule has 2 nitrogen and oxygen atoms in total. The van der Waals surface area contributed by atoms with Gasteiger partial charge in [-0.2, -0.15) is 0 Å². The van der Waals surface area contributed by atoms with Crippen molar-refractivity contribution in [2.75, 3.05) is 18.5 Å². The smallest absolute Gasteiger partial charge is 0.0508 e. The van der Waals surface area contributed by atoms with Gasteiger partial charge in [-0.05, 0) is 46.0 Å². The summed E-state index contributed by atoms with van der Waals surface area (Å²) >= 11 is 3.63. The van der Waals surface area contributed by atoms with E-state index in [9.17, 15) is 0 Å². The lowest BCUT2D eigenvalue weighted by Gasteiger charge is -2.29. The van der Waals surface area contributed by atoms with Crippen molar-refractivity contribution in [3.63, 3.8) is 0 Å². The number of benzene rings is 1. The van der Waals surface area contributed by atoms with Crippen LogP contribution in [0.5, 0.6) is 0 Å². The predicted molar refractivity (Wildman–Crippen MR) is 79.5 cm³/mol. The molecule has 0 bridgehead atoms. The number of nitrogens with two attached hydrogens (primary N) is 1. The van der Waals surface area contributed by atoms with Crippen molar-refractivity contribution >= 4 is 21.6 Å². The predicted octanol–water partition coefficient (Wildman–Crippen LogP) is 3.95. The van der Waals surface area contributed by atoms with Crippen LogP contribution in [-0.4, -0.2) is 13.6 Å². The van der Waals surface area contributed by atoms with Crippen LogP contribution in [0.4, 0.5) is 5.69 Å². The molecular weight excluding hydrogens is 276 g/mol. The molecule has 0 aliphatic heterocycles. The van der Waals surface area contributed by atoms with Crippen LogP contribution in [-0.2, 0) is 0 Å². The summed E-state index contributed by atoms with van der Waals surface area (Å²) in [6.07, 6.45) is 0. The van der Waals surface area contributed by atoms with E-state index in [1.165, 1.54) is 5.69 Å². The Bertz CT molecular complexity index is 380. The fourth-order valence-electron chi connectivity index (χ4n) is 1.91. The van der Waals surface area contributed by atoms with E-state index in [0.29, 0.717) is 0 Å². The SMILES string of the molecule is C[C@H](N)c1ccc(N(C)CC(C)(C)C)c(Br)c1. The maximum atomic E-state index is 5.88. The Balaban J connectivity index is 2.92. The van der Waals surface area contributed by atoms with Crippen molar-refractivity contribution in [3.05, 3.63) is 28.2 Å². The lowest BCUT2D eigenvalue weighted by molar-refractivity contribution is 0.419. The monoisotopic (exact) mass is 298 g/mol. The minimum absolute atomic E-state index is 0.0771. The van der Waals surface area contributed by atoms with Crippen molar-refractivity contribution in [2.24, 2.45) is 11.1 Å². The molecule has 1 aromatic carbocycles. The van der Waals surface area contributed by atoms with E-state index in [0.717, 1.165) is 16.6 Å². The summed E-state index contributed by atoms with van der Waals surface area (Å²) in [6.45, 7) is 9.75. The first-order valence-electron chi connectivity index (χ1n) is 5.97. The molecule has 0 radical (unpaired) electrons. The zero-order chi connectivity index (χ0) is 13.2. The second-order valence-electron chi connectivity index (χ2n) is 5.92. The third-order valence-electron chi connectivity index (χ3n) is 2.62. The minimum Gasteiger partial charge on any atom is -0.373 e. The van der Waals surface area contributed by atoms with Crippen molar-refractivity contribution in [2.45, 2.75) is 33.7 Å². The third kappa shape index (κ3) is 4.32. The zero-order valence-electron chi connectivity index (χ0n) is 11.4. The average Bonchev–Trinajstić information content (AvgIpc) is 2.14. The molecule has 3 heteroatoms. The van der Waals surface area contributed by atoms with Crippen LogP contribution in [0.3, 0.4) is 0 Å². The average molecular weight is 299 g/mol. The summed E-state index contributed by atoms with van der Waals surface area (Å²) in [7, 11) is 2.12. The highest BCUT2D eigenvalue weighted by Crippen LogP contribution is 2.30. The molecule has 0 fully saturated rings. The van der Waals surface area contributed by atoms with Crippen molar-refractivity contribution in [1.29, 1.82) is 0 Å². The molecule has 1 atom stereocenters. The van der Waals surface area contributed by atoms with Gasteiger partial charge in [-0.25, -0.2) is 0 Å². The number of hydrogen-bond acceptors (Lipinski definition) is 2. The van der Waals surface area contributed by atoms with Gasteiger partial charge >= 0.3 is 0 Å². The van der Waals surface area contributed by atoms with Crippen molar-refractivity contribution in [3.8, 4) is 0 Å². The van der Waals surface area contributed by atoms with Crippen molar-refractivity contribution < 1.29 is 0 Å². The molecule has 96 valence electrons. The molecule has 0 aromatic heterocycles. The number of anilines is 1. The van der Waals surface area contributed by atoms with E-state index in [1.54, 1.807) is 0 Å². The molecule has 0 amide bonds. The topological polar surface area (TPSA) is 29.3 Å². The molecular formula is C14H23BrN2. The Morgan fingerprint density at radius 3 is 2.35 bits per heavy atom. The molecule has 2 N–H and O–H groups in total. The van der Waals surface area contributed by atoms with E-state index >= 15 is 0 Å². The molecule has 1 aromatic rings. The van der Waals surface area contributed by atoms with Gasteiger partial charge in [-0.1, -0.05) is 26.8 Å². The summed E-state index contributed by atoms with van der Waals surface area (Å²) in [5.74, 6) is 0. The molecule has 1 rings (SSSR count).